The van der Waals surface area contributed by atoms with Crippen LogP contribution in [0.3, 0.4) is 0 Å². The number of nitrogens with two attached hydrogens (primary N) is 1. The normalized spacial score (nSPS) is 23.6. The third-order valence-corrected chi connectivity index (χ3v) is 10.3. The van der Waals surface area contributed by atoms with Crippen LogP contribution in [0.4, 0.5) is 13.2 Å². The van der Waals surface area contributed by atoms with Gasteiger partial charge in [-0.05, 0) is 66.8 Å². The number of aliphatic imine (C=N–C) groups is 1. The summed E-state index contributed by atoms with van der Waals surface area (Å²) in [5.41, 5.74) is 6.28. The van der Waals surface area contributed by atoms with E-state index in [1.165, 1.54) is 24.0 Å². The Labute approximate surface area is 304 Å². The van der Waals surface area contributed by atoms with E-state index in [0.29, 0.717) is 17.2 Å². The van der Waals surface area contributed by atoms with Crippen molar-refractivity contribution >= 4 is 29.4 Å². The number of ether oxygens (including phenoxy) is 1. The Morgan fingerprint density at radius 2 is 1.83 bits per heavy atom. The van der Waals surface area contributed by atoms with E-state index in [4.69, 9.17) is 27.1 Å². The van der Waals surface area contributed by atoms with Gasteiger partial charge < -0.3 is 10.5 Å². The number of halogens is 4. The molecular weight excluding hydrogens is 697 g/mol. The van der Waals surface area contributed by atoms with Crippen LogP contribution in [0, 0.1) is 11.3 Å². The van der Waals surface area contributed by atoms with Gasteiger partial charge in [-0.15, -0.1) is 0 Å². The molecule has 0 saturated heterocycles. The molecule has 1 aliphatic heterocycles. The minimum atomic E-state index is -2.95. The van der Waals surface area contributed by atoms with Crippen LogP contribution in [0.5, 0.6) is 0 Å². The summed E-state index contributed by atoms with van der Waals surface area (Å²) < 4.78 is 50.6. The van der Waals surface area contributed by atoms with E-state index in [2.05, 4.69) is 15.2 Å². The molecule has 3 heterocycles. The Balaban J connectivity index is 1.26. The van der Waals surface area contributed by atoms with Crippen LogP contribution in [0.25, 0.3) is 16.8 Å². The fourth-order valence-corrected chi connectivity index (χ4v) is 7.18. The molecule has 2 fully saturated rings. The second-order valence-corrected chi connectivity index (χ2v) is 15.8. The van der Waals surface area contributed by atoms with Gasteiger partial charge in [0.15, 0.2) is 17.3 Å². The first kappa shape index (κ1) is 35.7. The molecular formula is C37H40ClF3N8O3. The first-order chi connectivity index (χ1) is 24.6. The van der Waals surface area contributed by atoms with E-state index in [0.717, 1.165) is 35.0 Å². The molecule has 4 atom stereocenters. The largest absolute Gasteiger partial charge is 0.463 e. The average molecular weight is 737 g/mol. The number of nitrogens with zero attached hydrogens (tertiary/aromatic N) is 7. The maximum Gasteiger partial charge on any atom is 0.306 e. The van der Waals surface area contributed by atoms with Crippen LogP contribution in [-0.4, -0.2) is 59.6 Å². The molecule has 2 saturated carbocycles. The molecule has 4 aromatic rings. The quantitative estimate of drug-likeness (QED) is 0.151. The number of guanidine groups is 1. The number of alkyl halides is 3. The molecule has 1 amide bonds. The highest BCUT2D eigenvalue weighted by Gasteiger charge is 2.54. The summed E-state index contributed by atoms with van der Waals surface area (Å²) in [4.78, 5) is 37.8. The Hall–Kier alpha value is -4.72. The van der Waals surface area contributed by atoms with Crippen molar-refractivity contribution in [2.24, 2.45) is 22.1 Å². The number of carbonyl (C=O) groups is 2. The zero-order valence-electron chi connectivity index (χ0n) is 29.3. The zero-order valence-corrected chi connectivity index (χ0v) is 30.0. The Bertz CT molecular complexity index is 2040. The van der Waals surface area contributed by atoms with Crippen LogP contribution >= 0.6 is 11.6 Å². The molecule has 2 N–H and O–H groups in total. The van der Waals surface area contributed by atoms with Crippen molar-refractivity contribution in [3.63, 3.8) is 0 Å². The van der Waals surface area contributed by atoms with Crippen molar-refractivity contribution < 1.29 is 27.5 Å². The highest BCUT2D eigenvalue weighted by atomic mass is 35.5. The van der Waals surface area contributed by atoms with Crippen LogP contribution in [0.2, 0.25) is 5.02 Å². The Morgan fingerprint density at radius 1 is 1.12 bits per heavy atom. The van der Waals surface area contributed by atoms with Gasteiger partial charge in [0, 0.05) is 17.7 Å². The van der Waals surface area contributed by atoms with E-state index in [1.807, 2.05) is 62.1 Å². The summed E-state index contributed by atoms with van der Waals surface area (Å²) >= 11 is 6.49. The van der Waals surface area contributed by atoms with Crippen LogP contribution in [0.15, 0.2) is 66.2 Å². The van der Waals surface area contributed by atoms with Gasteiger partial charge in [-0.3, -0.25) is 19.2 Å². The minimum absolute atomic E-state index is 0.0678. The average Bonchev–Trinajstić information content (AvgIpc) is 3.81. The summed E-state index contributed by atoms with van der Waals surface area (Å²) in [5, 5.41) is 8.54. The molecule has 2 aromatic carbocycles. The molecule has 3 aliphatic rings. The molecule has 0 spiro atoms. The van der Waals surface area contributed by atoms with Gasteiger partial charge in [0.1, 0.15) is 18.6 Å². The SMILES string of the molecule is CC(C)(C)C[C@]1(c2ccc(-c3cnn(C4CC4)c3)cc2)N=C(N)N([C@H](COC(=O)C[C@H]2CC2(C)F)c2ccc(Cl)c(-n3ncnc3C(F)F)c2)C1=O. The third-order valence-electron chi connectivity index (χ3n) is 9.95. The van der Waals surface area contributed by atoms with Crippen LogP contribution < -0.4 is 5.73 Å². The Morgan fingerprint density at radius 3 is 2.46 bits per heavy atom. The highest BCUT2D eigenvalue weighted by Crippen LogP contribution is 2.49. The van der Waals surface area contributed by atoms with Crippen molar-refractivity contribution in [3.8, 4) is 16.8 Å². The number of aromatic nitrogens is 5. The van der Waals surface area contributed by atoms with E-state index < -0.39 is 52.7 Å². The zero-order chi connectivity index (χ0) is 37.2. The lowest BCUT2D eigenvalue weighted by Gasteiger charge is -2.35. The van der Waals surface area contributed by atoms with Crippen LogP contribution in [0.1, 0.15) is 95.3 Å². The number of benzene rings is 2. The lowest BCUT2D eigenvalue weighted by molar-refractivity contribution is -0.148. The smallest absolute Gasteiger partial charge is 0.306 e. The number of carbonyl (C=O) groups excluding carboxylic acids is 2. The number of amides is 1. The highest BCUT2D eigenvalue weighted by molar-refractivity contribution is 6.32. The number of esters is 1. The second kappa shape index (κ2) is 13.0. The summed E-state index contributed by atoms with van der Waals surface area (Å²) in [6.45, 7) is 7.04. The predicted octanol–water partition coefficient (Wildman–Crippen LogP) is 7.27. The van der Waals surface area contributed by atoms with Gasteiger partial charge in [-0.2, -0.15) is 10.2 Å². The lowest BCUT2D eigenvalue weighted by Crippen LogP contribution is -2.47. The first-order valence-corrected chi connectivity index (χ1v) is 17.6. The number of rotatable bonds is 12. The summed E-state index contributed by atoms with van der Waals surface area (Å²) in [7, 11) is 0. The second-order valence-electron chi connectivity index (χ2n) is 15.4. The van der Waals surface area contributed by atoms with Crippen molar-refractivity contribution in [3.05, 3.63) is 83.2 Å². The molecule has 1 unspecified atom stereocenters. The molecule has 15 heteroatoms. The van der Waals surface area contributed by atoms with Gasteiger partial charge in [-0.1, -0.05) is 62.7 Å². The van der Waals surface area contributed by atoms with Crippen molar-refractivity contribution in [1.82, 2.24) is 29.4 Å². The topological polar surface area (TPSA) is 134 Å². The van der Waals surface area contributed by atoms with Crippen LogP contribution in [-0.2, 0) is 19.9 Å². The van der Waals surface area contributed by atoms with Gasteiger partial charge in [0.05, 0.1) is 35.4 Å². The molecule has 0 bridgehead atoms. The van der Waals surface area contributed by atoms with E-state index in [1.54, 1.807) is 6.07 Å². The molecule has 2 aliphatic carbocycles. The fourth-order valence-electron chi connectivity index (χ4n) is 6.98. The summed E-state index contributed by atoms with van der Waals surface area (Å²) in [6.07, 6.45) is 4.48. The fraction of sp³-hybridized carbons (Fsp3) is 0.459. The third kappa shape index (κ3) is 6.92. The number of hydrogen-bond acceptors (Lipinski definition) is 8. The van der Waals surface area contributed by atoms with Gasteiger partial charge in [0.2, 0.25) is 0 Å². The molecule has 52 heavy (non-hydrogen) atoms. The Kier molecular flexibility index (Phi) is 8.95. The van der Waals surface area contributed by atoms with Gasteiger partial charge in [-0.25, -0.2) is 27.8 Å². The molecule has 274 valence electrons. The molecule has 2 aromatic heterocycles. The first-order valence-electron chi connectivity index (χ1n) is 17.2. The van der Waals surface area contributed by atoms with Crippen molar-refractivity contribution in [2.45, 2.75) is 89.5 Å². The summed E-state index contributed by atoms with van der Waals surface area (Å²) in [6, 6.07) is 11.5. The van der Waals surface area contributed by atoms with Gasteiger partial charge in [0.25, 0.3) is 12.3 Å². The van der Waals surface area contributed by atoms with E-state index in [9.17, 15) is 22.8 Å². The van der Waals surface area contributed by atoms with Crippen molar-refractivity contribution in [2.75, 3.05) is 6.61 Å². The van der Waals surface area contributed by atoms with E-state index >= 15 is 0 Å². The van der Waals surface area contributed by atoms with E-state index in [-0.39, 0.29) is 42.5 Å². The predicted molar refractivity (Wildman–Crippen MR) is 187 cm³/mol. The lowest BCUT2D eigenvalue weighted by atomic mass is 9.75. The monoisotopic (exact) mass is 736 g/mol. The van der Waals surface area contributed by atoms with Crippen molar-refractivity contribution in [1.29, 1.82) is 0 Å². The molecule has 0 radical (unpaired) electrons. The molecule has 11 nitrogen and oxygen atoms in total. The maximum atomic E-state index is 15.0. The molecule has 7 rings (SSSR count). The van der Waals surface area contributed by atoms with Gasteiger partial charge >= 0.3 is 5.97 Å². The summed E-state index contributed by atoms with van der Waals surface area (Å²) in [5.74, 6) is -2.32. The standard InChI is InChI=1S/C37H40ClF3N8O3/c1-35(2,3)19-37(24-8-5-21(6-9-24)23-16-44-47(17-23)26-10-11-26)33(51)48(34(42)46-37)29(18-52-30(50)14-25-15-36(25,4)41)22-7-12-27(38)28(13-22)49-32(31(39)40)43-20-45-49/h5-9,12-13,16-17,20,25-26,29,31H,10-11,14-15,18-19H2,1-4H3,(H2,42,46)/t25-,29+,36?,37+/m0/s1. The minimum Gasteiger partial charge on any atom is -0.463 e. The maximum absolute atomic E-state index is 15.0. The number of hydrogen-bond donors (Lipinski definition) is 1.